The van der Waals surface area contributed by atoms with Crippen LogP contribution < -0.4 is 0 Å². The van der Waals surface area contributed by atoms with Crippen LogP contribution in [0.1, 0.15) is 34.6 Å². The molecule has 0 radical (unpaired) electrons. The van der Waals surface area contributed by atoms with E-state index < -0.39 is 11.5 Å². The number of aliphatic hydroxyl groups excluding tert-OH is 2. The Hall–Kier alpha value is -0.760. The van der Waals surface area contributed by atoms with E-state index in [1.807, 2.05) is 6.92 Å². The molecule has 2 heteroatoms. The number of aliphatic hydroxyl groups is 2. The summed E-state index contributed by atoms with van der Waals surface area (Å²) >= 11 is 0. The van der Waals surface area contributed by atoms with Crippen LogP contribution in [0.2, 0.25) is 0 Å². The monoisotopic (exact) mass is 196 g/mol. The lowest BCUT2D eigenvalue weighted by atomic mass is 9.62. The van der Waals surface area contributed by atoms with Crippen LogP contribution in [0.4, 0.5) is 0 Å². The van der Waals surface area contributed by atoms with E-state index >= 15 is 0 Å². The second-order valence-electron chi connectivity index (χ2n) is 5.36. The van der Waals surface area contributed by atoms with Gasteiger partial charge in [0.25, 0.3) is 0 Å². The topological polar surface area (TPSA) is 40.5 Å². The molecule has 0 spiro atoms. The molecule has 0 heterocycles. The van der Waals surface area contributed by atoms with E-state index in [0.717, 1.165) is 5.57 Å². The Kier molecular flexibility index (Phi) is 2.53. The van der Waals surface area contributed by atoms with Crippen LogP contribution in [0.15, 0.2) is 23.5 Å². The maximum atomic E-state index is 10.0. The van der Waals surface area contributed by atoms with Crippen molar-refractivity contribution in [3.05, 3.63) is 23.5 Å². The number of hydrogen-bond donors (Lipinski definition) is 2. The summed E-state index contributed by atoms with van der Waals surface area (Å²) in [5.74, 6) is 0.285. The molecule has 0 bridgehead atoms. The van der Waals surface area contributed by atoms with Crippen molar-refractivity contribution in [3.63, 3.8) is 0 Å². The molecular formula is C12H20O2. The molecule has 1 aliphatic rings. The van der Waals surface area contributed by atoms with Gasteiger partial charge in [0.2, 0.25) is 0 Å². The van der Waals surface area contributed by atoms with E-state index in [1.165, 1.54) is 0 Å². The molecule has 2 atom stereocenters. The average molecular weight is 196 g/mol. The first-order chi connectivity index (χ1) is 6.18. The van der Waals surface area contributed by atoms with E-state index in [0.29, 0.717) is 0 Å². The van der Waals surface area contributed by atoms with Gasteiger partial charge in [-0.3, -0.25) is 0 Å². The highest BCUT2D eigenvalue weighted by atomic mass is 16.3. The minimum Gasteiger partial charge on any atom is -0.508 e. The zero-order valence-electron chi connectivity index (χ0n) is 9.63. The minimum absolute atomic E-state index is 0.0857. The third-order valence-corrected chi connectivity index (χ3v) is 3.48. The van der Waals surface area contributed by atoms with E-state index in [1.54, 1.807) is 19.1 Å². The zero-order valence-corrected chi connectivity index (χ0v) is 9.63. The molecule has 14 heavy (non-hydrogen) atoms. The van der Waals surface area contributed by atoms with Gasteiger partial charge in [0.1, 0.15) is 5.76 Å². The van der Waals surface area contributed by atoms with Crippen molar-refractivity contribution in [1.82, 2.24) is 0 Å². The third kappa shape index (κ3) is 1.59. The molecule has 0 amide bonds. The Morgan fingerprint density at radius 2 is 1.86 bits per heavy atom. The van der Waals surface area contributed by atoms with Crippen LogP contribution in [-0.4, -0.2) is 16.3 Å². The highest BCUT2D eigenvalue weighted by Gasteiger charge is 2.43. The van der Waals surface area contributed by atoms with Crippen LogP contribution >= 0.6 is 0 Å². The molecule has 0 saturated carbocycles. The number of hydrogen-bond acceptors (Lipinski definition) is 2. The van der Waals surface area contributed by atoms with Crippen molar-refractivity contribution in [3.8, 4) is 0 Å². The lowest BCUT2D eigenvalue weighted by Gasteiger charge is -2.44. The summed E-state index contributed by atoms with van der Waals surface area (Å²) in [5.41, 5.74) is 0.257. The lowest BCUT2D eigenvalue weighted by molar-refractivity contribution is 0.0208. The van der Waals surface area contributed by atoms with Crippen LogP contribution in [0, 0.1) is 10.8 Å². The molecule has 1 rings (SSSR count). The summed E-state index contributed by atoms with van der Waals surface area (Å²) in [6, 6.07) is 0. The van der Waals surface area contributed by atoms with Gasteiger partial charge >= 0.3 is 0 Å². The van der Waals surface area contributed by atoms with Gasteiger partial charge in [0, 0.05) is 5.41 Å². The molecule has 2 nitrogen and oxygen atoms in total. The standard InChI is InChI=1S/C12H20O2/c1-8-6-10(14)12(5,7-9(8)13)11(2,3)4/h6-7,10,13-14H,1-5H3. The Morgan fingerprint density at radius 1 is 1.36 bits per heavy atom. The predicted octanol–water partition coefficient (Wildman–Crippen LogP) is 2.80. The van der Waals surface area contributed by atoms with Crippen LogP contribution in [-0.2, 0) is 0 Å². The van der Waals surface area contributed by atoms with Gasteiger partial charge in [-0.2, -0.15) is 0 Å². The smallest absolute Gasteiger partial charge is 0.114 e. The fourth-order valence-electron chi connectivity index (χ4n) is 1.64. The number of rotatable bonds is 0. The van der Waals surface area contributed by atoms with Crippen LogP contribution in [0.5, 0.6) is 0 Å². The highest BCUT2D eigenvalue weighted by Crippen LogP contribution is 2.46. The first-order valence-corrected chi connectivity index (χ1v) is 4.97. The first kappa shape index (κ1) is 11.3. The summed E-state index contributed by atoms with van der Waals surface area (Å²) in [7, 11) is 0. The first-order valence-electron chi connectivity index (χ1n) is 4.97. The molecule has 0 fully saturated rings. The third-order valence-electron chi connectivity index (χ3n) is 3.48. The van der Waals surface area contributed by atoms with E-state index in [-0.39, 0.29) is 11.2 Å². The van der Waals surface area contributed by atoms with Gasteiger partial charge in [-0.05, 0) is 30.1 Å². The normalized spacial score (nSPS) is 33.7. The lowest BCUT2D eigenvalue weighted by Crippen LogP contribution is -2.42. The molecular weight excluding hydrogens is 176 g/mol. The van der Waals surface area contributed by atoms with Crippen LogP contribution in [0.3, 0.4) is 0 Å². The molecule has 0 aliphatic heterocycles. The maximum absolute atomic E-state index is 10.0. The molecule has 0 aromatic carbocycles. The summed E-state index contributed by atoms with van der Waals surface area (Å²) in [5, 5.41) is 19.7. The highest BCUT2D eigenvalue weighted by molar-refractivity contribution is 5.33. The second-order valence-corrected chi connectivity index (χ2v) is 5.36. The molecule has 0 saturated heterocycles. The maximum Gasteiger partial charge on any atom is 0.114 e. The minimum atomic E-state index is -0.529. The van der Waals surface area contributed by atoms with Gasteiger partial charge in [-0.1, -0.05) is 27.7 Å². The van der Waals surface area contributed by atoms with Crippen molar-refractivity contribution in [2.45, 2.75) is 40.7 Å². The molecule has 1 aliphatic carbocycles. The number of allylic oxidation sites excluding steroid dienone is 1. The summed E-state index contributed by atoms with van der Waals surface area (Å²) in [6.07, 6.45) is 2.96. The summed E-state index contributed by atoms with van der Waals surface area (Å²) < 4.78 is 0. The summed E-state index contributed by atoms with van der Waals surface area (Å²) in [6.45, 7) is 9.96. The van der Waals surface area contributed by atoms with Crippen molar-refractivity contribution in [2.75, 3.05) is 0 Å². The van der Waals surface area contributed by atoms with Gasteiger partial charge in [0.15, 0.2) is 0 Å². The van der Waals surface area contributed by atoms with Crippen molar-refractivity contribution >= 4 is 0 Å². The molecule has 2 unspecified atom stereocenters. The quantitative estimate of drug-likeness (QED) is 0.625. The molecule has 80 valence electrons. The van der Waals surface area contributed by atoms with Gasteiger partial charge in [0.05, 0.1) is 6.10 Å². The average Bonchev–Trinajstić information content (AvgIpc) is 1.99. The Balaban J connectivity index is 3.16. The Labute approximate surface area is 86.0 Å². The van der Waals surface area contributed by atoms with Crippen molar-refractivity contribution < 1.29 is 10.2 Å². The van der Waals surface area contributed by atoms with Gasteiger partial charge < -0.3 is 10.2 Å². The largest absolute Gasteiger partial charge is 0.508 e. The van der Waals surface area contributed by atoms with Crippen LogP contribution in [0.25, 0.3) is 0 Å². The Bertz CT molecular complexity index is 294. The SMILES string of the molecule is CC1=CC(O)C(C)(C(C)(C)C)C=C1O. The molecule has 2 N–H and O–H groups in total. The second kappa shape index (κ2) is 3.13. The predicted molar refractivity (Wildman–Crippen MR) is 58.0 cm³/mol. The van der Waals surface area contributed by atoms with Gasteiger partial charge in [-0.15, -0.1) is 0 Å². The van der Waals surface area contributed by atoms with E-state index in [4.69, 9.17) is 0 Å². The van der Waals surface area contributed by atoms with Gasteiger partial charge in [-0.25, -0.2) is 0 Å². The Morgan fingerprint density at radius 3 is 2.29 bits per heavy atom. The fourth-order valence-corrected chi connectivity index (χ4v) is 1.64. The molecule has 0 aromatic heterocycles. The van der Waals surface area contributed by atoms with Crippen molar-refractivity contribution in [1.29, 1.82) is 0 Å². The zero-order chi connectivity index (χ0) is 11.1. The fraction of sp³-hybridized carbons (Fsp3) is 0.667. The molecule has 0 aromatic rings. The van der Waals surface area contributed by atoms with Crippen molar-refractivity contribution in [2.24, 2.45) is 10.8 Å². The van der Waals surface area contributed by atoms with E-state index in [2.05, 4.69) is 20.8 Å². The summed E-state index contributed by atoms with van der Waals surface area (Å²) in [4.78, 5) is 0. The van der Waals surface area contributed by atoms with E-state index in [9.17, 15) is 10.2 Å².